The van der Waals surface area contributed by atoms with Crippen molar-refractivity contribution in [2.75, 3.05) is 22.3 Å². The summed E-state index contributed by atoms with van der Waals surface area (Å²) in [6.07, 6.45) is 1.54. The molecule has 4 N–H and O–H groups in total. The first-order valence-corrected chi connectivity index (χ1v) is 12.1. The Morgan fingerprint density at radius 2 is 1.81 bits per heavy atom. The number of para-hydroxylation sites is 2. The minimum absolute atomic E-state index is 0.110. The Morgan fingerprint density at radius 1 is 1.08 bits per heavy atom. The smallest absolute Gasteiger partial charge is 0.264 e. The Labute approximate surface area is 219 Å². The largest absolute Gasteiger partial charge is 0.488 e. The third-order valence-corrected chi connectivity index (χ3v) is 6.01. The maximum Gasteiger partial charge on any atom is 0.264 e. The van der Waals surface area contributed by atoms with Gasteiger partial charge in [-0.05, 0) is 42.0 Å². The van der Waals surface area contributed by atoms with E-state index in [1.807, 2.05) is 36.4 Å². The summed E-state index contributed by atoms with van der Waals surface area (Å²) in [5.74, 6) is 4.11. The number of carbonyl (C=O) groups excluding carboxylic acids is 1. The fourth-order valence-electron chi connectivity index (χ4n) is 2.99. The molecule has 0 spiro atoms. The number of amides is 1. The second-order valence-corrected chi connectivity index (χ2v) is 8.81. The molecule has 0 saturated heterocycles. The van der Waals surface area contributed by atoms with Gasteiger partial charge in [0.15, 0.2) is 0 Å². The second kappa shape index (κ2) is 12.2. The molecule has 0 bridgehead atoms. The van der Waals surface area contributed by atoms with Gasteiger partial charge >= 0.3 is 0 Å². The van der Waals surface area contributed by atoms with Crippen LogP contribution in [0.1, 0.15) is 11.1 Å². The summed E-state index contributed by atoms with van der Waals surface area (Å²) in [6.45, 7) is 0.351. The van der Waals surface area contributed by atoms with Crippen molar-refractivity contribution in [3.05, 3.63) is 94.5 Å². The molecule has 0 saturated carbocycles. The van der Waals surface area contributed by atoms with Gasteiger partial charge in [-0.15, -0.1) is 10.2 Å². The van der Waals surface area contributed by atoms with Crippen molar-refractivity contribution >= 4 is 47.1 Å². The number of aromatic nitrogens is 3. The van der Waals surface area contributed by atoms with E-state index in [-0.39, 0.29) is 16.9 Å². The number of rotatable bonds is 10. The normalized spacial score (nSPS) is 11.0. The van der Waals surface area contributed by atoms with Crippen molar-refractivity contribution in [2.24, 2.45) is 5.10 Å². The van der Waals surface area contributed by atoms with Gasteiger partial charge in [-0.1, -0.05) is 53.7 Å². The Bertz CT molecular complexity index is 1400. The molecular weight excluding hydrogens is 524 g/mol. The zero-order valence-electron chi connectivity index (χ0n) is 19.1. The molecule has 0 aliphatic rings. The Balaban J connectivity index is 1.32. The van der Waals surface area contributed by atoms with Gasteiger partial charge in [0, 0.05) is 10.6 Å². The van der Waals surface area contributed by atoms with E-state index in [2.05, 4.69) is 26.0 Å². The number of halogens is 3. The number of hydrazone groups is 1. The highest BCUT2D eigenvalue weighted by molar-refractivity contribution is 7.99. The monoisotopic (exact) mass is 543 g/mol. The summed E-state index contributed by atoms with van der Waals surface area (Å²) in [5.41, 5.74) is 3.83. The lowest BCUT2D eigenvalue weighted by atomic mass is 10.2. The molecule has 0 fully saturated rings. The molecule has 0 aliphatic carbocycles. The average molecular weight is 544 g/mol. The van der Waals surface area contributed by atoms with E-state index in [0.717, 1.165) is 34.1 Å². The average Bonchev–Trinajstić information content (AvgIpc) is 3.24. The van der Waals surface area contributed by atoms with E-state index in [1.165, 1.54) is 12.3 Å². The van der Waals surface area contributed by atoms with Crippen LogP contribution in [0.2, 0.25) is 5.02 Å². The molecule has 37 heavy (non-hydrogen) atoms. The van der Waals surface area contributed by atoms with Gasteiger partial charge in [-0.2, -0.15) is 5.10 Å². The van der Waals surface area contributed by atoms with Crippen LogP contribution >= 0.6 is 23.4 Å². The lowest BCUT2D eigenvalue weighted by Crippen LogP contribution is -2.18. The number of nitrogens with zero attached hydrogens (tertiary/aromatic N) is 4. The summed E-state index contributed by atoms with van der Waals surface area (Å²) in [5, 5.41) is 15.0. The Kier molecular flexibility index (Phi) is 8.54. The molecular formula is C24H20ClF2N7O2S. The van der Waals surface area contributed by atoms with E-state index < -0.39 is 23.2 Å². The minimum atomic E-state index is -0.873. The number of anilines is 2. The summed E-state index contributed by atoms with van der Waals surface area (Å²) in [7, 11) is 0. The van der Waals surface area contributed by atoms with Gasteiger partial charge in [-0.3, -0.25) is 4.79 Å². The van der Waals surface area contributed by atoms with Gasteiger partial charge in [0.2, 0.25) is 11.1 Å². The number of hydrogen-bond donors (Lipinski definition) is 3. The number of carbonyl (C=O) groups is 1. The van der Waals surface area contributed by atoms with Crippen LogP contribution in [0.15, 0.2) is 77.0 Å². The van der Waals surface area contributed by atoms with Crippen LogP contribution in [0.5, 0.6) is 5.75 Å². The Morgan fingerprint density at radius 3 is 2.57 bits per heavy atom. The fraction of sp³-hybridized carbons (Fsp3) is 0.0833. The van der Waals surface area contributed by atoms with Gasteiger partial charge in [-0.25, -0.2) is 18.9 Å². The predicted octanol–water partition coefficient (Wildman–Crippen LogP) is 4.68. The molecule has 190 valence electrons. The van der Waals surface area contributed by atoms with Crippen LogP contribution in [0.4, 0.5) is 20.4 Å². The molecule has 9 nitrogen and oxygen atoms in total. The highest BCUT2D eigenvalue weighted by Crippen LogP contribution is 2.21. The number of nitrogen functional groups attached to an aromatic ring is 1. The molecule has 0 atom stereocenters. The van der Waals surface area contributed by atoms with Gasteiger partial charge in [0.25, 0.3) is 5.95 Å². The first-order chi connectivity index (χ1) is 17.9. The van der Waals surface area contributed by atoms with Gasteiger partial charge in [0.05, 0.1) is 12.0 Å². The first-order valence-electron chi connectivity index (χ1n) is 10.7. The first kappa shape index (κ1) is 25.9. The van der Waals surface area contributed by atoms with E-state index in [1.54, 1.807) is 12.1 Å². The highest BCUT2D eigenvalue weighted by Gasteiger charge is 2.15. The van der Waals surface area contributed by atoms with Crippen LogP contribution in [0, 0.1) is 11.6 Å². The van der Waals surface area contributed by atoms with Crippen LogP contribution in [-0.2, 0) is 11.4 Å². The third kappa shape index (κ3) is 6.96. The molecule has 1 amide bonds. The molecule has 1 aromatic heterocycles. The Hall–Kier alpha value is -4.16. The molecule has 0 aliphatic heterocycles. The van der Waals surface area contributed by atoms with Gasteiger partial charge < -0.3 is 15.9 Å². The maximum atomic E-state index is 13.7. The topological polar surface area (TPSA) is 119 Å². The van der Waals surface area contributed by atoms with Crippen molar-refractivity contribution < 1.29 is 18.3 Å². The van der Waals surface area contributed by atoms with Crippen LogP contribution < -0.4 is 21.3 Å². The summed E-state index contributed by atoms with van der Waals surface area (Å²) in [4.78, 5) is 12.1. The van der Waals surface area contributed by atoms with E-state index in [0.29, 0.717) is 22.9 Å². The third-order valence-electron chi connectivity index (χ3n) is 4.82. The number of ether oxygens (including phenoxy) is 1. The molecule has 0 radical (unpaired) electrons. The number of hydrogen-bond acceptors (Lipinski definition) is 8. The zero-order valence-corrected chi connectivity index (χ0v) is 20.6. The van der Waals surface area contributed by atoms with Crippen molar-refractivity contribution in [3.8, 4) is 5.75 Å². The van der Waals surface area contributed by atoms with Gasteiger partial charge in [0.1, 0.15) is 29.7 Å². The number of thioether (sulfide) groups is 1. The highest BCUT2D eigenvalue weighted by atomic mass is 35.5. The van der Waals surface area contributed by atoms with Crippen molar-refractivity contribution in [1.29, 1.82) is 0 Å². The van der Waals surface area contributed by atoms with Crippen LogP contribution in [0.3, 0.4) is 0 Å². The van der Waals surface area contributed by atoms with Crippen LogP contribution in [0.25, 0.3) is 0 Å². The zero-order chi connectivity index (χ0) is 26.2. The predicted molar refractivity (Wildman–Crippen MR) is 139 cm³/mol. The van der Waals surface area contributed by atoms with Crippen molar-refractivity contribution in [3.63, 3.8) is 0 Å². The second-order valence-electron chi connectivity index (χ2n) is 7.43. The maximum absolute atomic E-state index is 13.7. The minimum Gasteiger partial charge on any atom is -0.488 e. The van der Waals surface area contributed by atoms with E-state index in [4.69, 9.17) is 22.2 Å². The van der Waals surface area contributed by atoms with E-state index >= 15 is 0 Å². The number of benzene rings is 3. The quantitative estimate of drug-likeness (QED) is 0.115. The molecule has 3 aromatic carbocycles. The number of nitrogens with two attached hydrogens (primary N) is 1. The fourth-order valence-corrected chi connectivity index (χ4v) is 3.78. The number of nitrogens with one attached hydrogen (secondary N) is 2. The van der Waals surface area contributed by atoms with E-state index in [9.17, 15) is 13.6 Å². The lowest BCUT2D eigenvalue weighted by Gasteiger charge is -2.09. The molecule has 0 unspecified atom stereocenters. The van der Waals surface area contributed by atoms with Crippen molar-refractivity contribution in [1.82, 2.24) is 14.9 Å². The molecule has 13 heteroatoms. The SMILES string of the molecule is Nn1c(N/N=C/c2ccccc2OCc2ccc(Cl)cc2)nnc1SCC(=O)Nc1c(F)cccc1F. The summed E-state index contributed by atoms with van der Waals surface area (Å²) < 4.78 is 34.4. The molecule has 4 aromatic rings. The van der Waals surface area contributed by atoms with Crippen molar-refractivity contribution in [2.45, 2.75) is 11.8 Å². The van der Waals surface area contributed by atoms with Crippen LogP contribution in [-0.4, -0.2) is 32.7 Å². The molecule has 1 heterocycles. The summed E-state index contributed by atoms with van der Waals surface area (Å²) in [6, 6.07) is 18.0. The molecule has 4 rings (SSSR count). The standard InChI is InChI=1S/C24H20ClF2N7O2S/c25-17-10-8-15(9-11-17)13-36-20-7-2-1-4-16(20)12-29-31-23-32-33-24(34(23)28)37-14-21(35)30-22-18(26)5-3-6-19(22)27/h1-12H,13-14,28H2,(H,30,35)(H,31,32)/b29-12+. The summed E-state index contributed by atoms with van der Waals surface area (Å²) >= 11 is 6.85. The lowest BCUT2D eigenvalue weighted by molar-refractivity contribution is -0.113.